The molecule has 7 heteroatoms. The van der Waals surface area contributed by atoms with Crippen molar-refractivity contribution in [2.75, 3.05) is 12.0 Å². The van der Waals surface area contributed by atoms with Gasteiger partial charge in [-0.3, -0.25) is 4.68 Å². The van der Waals surface area contributed by atoms with Gasteiger partial charge in [-0.15, -0.1) is 5.10 Å². The molecule has 0 bridgehead atoms. The van der Waals surface area contributed by atoms with Crippen molar-refractivity contribution in [1.29, 1.82) is 0 Å². The monoisotopic (exact) mass is 233 g/mol. The van der Waals surface area contributed by atoms with Crippen LogP contribution in [0.3, 0.4) is 0 Å². The van der Waals surface area contributed by atoms with Crippen LogP contribution >= 0.6 is 0 Å². The molecule has 0 saturated heterocycles. The molecule has 0 amide bonds. The fourth-order valence-electron chi connectivity index (χ4n) is 1.10. The second-order valence-corrected chi connectivity index (χ2v) is 5.83. The Labute approximate surface area is 88.8 Å². The zero-order chi connectivity index (χ0) is 11.5. The second kappa shape index (κ2) is 4.71. The summed E-state index contributed by atoms with van der Waals surface area (Å²) in [5.74, 6) is 0.136. The van der Waals surface area contributed by atoms with Crippen molar-refractivity contribution in [1.82, 2.24) is 15.0 Å². The number of sulfone groups is 1. The standard InChI is InChI=1S/C8H15N3O3S/c1-7(12)8-6-11(10-9-8)4-3-5-15(2,13)14/h6-7,12H,3-5H2,1-2H3. The lowest BCUT2D eigenvalue weighted by Gasteiger charge is -1.99. The summed E-state index contributed by atoms with van der Waals surface area (Å²) in [6.45, 7) is 2.09. The van der Waals surface area contributed by atoms with Crippen molar-refractivity contribution >= 4 is 9.84 Å². The quantitative estimate of drug-likeness (QED) is 0.759. The summed E-state index contributed by atoms with van der Waals surface area (Å²) in [6, 6.07) is 0. The predicted octanol–water partition coefficient (Wildman–Crippen LogP) is -0.234. The number of aliphatic hydroxyl groups excluding tert-OH is 1. The van der Waals surface area contributed by atoms with E-state index in [1.165, 1.54) is 10.9 Å². The molecule has 0 aliphatic heterocycles. The normalized spacial score (nSPS) is 14.1. The highest BCUT2D eigenvalue weighted by Crippen LogP contribution is 2.06. The summed E-state index contributed by atoms with van der Waals surface area (Å²) in [4.78, 5) is 0. The largest absolute Gasteiger partial charge is 0.387 e. The lowest BCUT2D eigenvalue weighted by molar-refractivity contribution is 0.194. The third-order valence-corrected chi connectivity index (χ3v) is 2.92. The van der Waals surface area contributed by atoms with Gasteiger partial charge >= 0.3 is 0 Å². The van der Waals surface area contributed by atoms with Crippen LogP contribution in [0.4, 0.5) is 0 Å². The minimum Gasteiger partial charge on any atom is -0.387 e. The number of aryl methyl sites for hydroxylation is 1. The van der Waals surface area contributed by atoms with Crippen LogP contribution in [0, 0.1) is 0 Å². The highest BCUT2D eigenvalue weighted by atomic mass is 32.2. The lowest BCUT2D eigenvalue weighted by Crippen LogP contribution is -2.07. The number of hydrogen-bond donors (Lipinski definition) is 1. The molecule has 15 heavy (non-hydrogen) atoms. The van der Waals surface area contributed by atoms with E-state index in [4.69, 9.17) is 0 Å². The van der Waals surface area contributed by atoms with E-state index in [1.54, 1.807) is 13.1 Å². The molecule has 86 valence electrons. The summed E-state index contributed by atoms with van der Waals surface area (Å²) >= 11 is 0. The first-order valence-corrected chi connectivity index (χ1v) is 6.70. The van der Waals surface area contributed by atoms with Crippen molar-refractivity contribution in [3.05, 3.63) is 11.9 Å². The van der Waals surface area contributed by atoms with Crippen LogP contribution in [0.15, 0.2) is 6.20 Å². The third kappa shape index (κ3) is 4.39. The molecule has 0 radical (unpaired) electrons. The molecule has 0 aliphatic carbocycles. The maximum absolute atomic E-state index is 10.8. The number of aliphatic hydroxyl groups is 1. The Balaban J connectivity index is 2.45. The van der Waals surface area contributed by atoms with Crippen molar-refractivity contribution in [3.63, 3.8) is 0 Å². The second-order valence-electron chi connectivity index (χ2n) is 3.57. The fourth-order valence-corrected chi connectivity index (χ4v) is 1.76. The minimum absolute atomic E-state index is 0.136. The van der Waals surface area contributed by atoms with Gasteiger partial charge in [-0.05, 0) is 13.3 Å². The molecule has 1 atom stereocenters. The van der Waals surface area contributed by atoms with Crippen molar-refractivity contribution in [2.45, 2.75) is 26.0 Å². The third-order valence-electron chi connectivity index (χ3n) is 1.89. The van der Waals surface area contributed by atoms with Gasteiger partial charge < -0.3 is 5.11 Å². The molecule has 0 aliphatic rings. The maximum Gasteiger partial charge on any atom is 0.147 e. The Morgan fingerprint density at radius 2 is 2.27 bits per heavy atom. The van der Waals surface area contributed by atoms with Crippen LogP contribution in [0.1, 0.15) is 25.1 Å². The number of rotatable bonds is 5. The summed E-state index contributed by atoms with van der Waals surface area (Å²) < 4.78 is 23.2. The van der Waals surface area contributed by atoms with Gasteiger partial charge in [-0.2, -0.15) is 0 Å². The minimum atomic E-state index is -2.91. The van der Waals surface area contributed by atoms with Crippen molar-refractivity contribution in [3.8, 4) is 0 Å². The Morgan fingerprint density at radius 3 is 2.73 bits per heavy atom. The van der Waals surface area contributed by atoms with Crippen LogP contribution in [0.2, 0.25) is 0 Å². The summed E-state index contributed by atoms with van der Waals surface area (Å²) in [5, 5.41) is 16.7. The van der Waals surface area contributed by atoms with Gasteiger partial charge in [0.15, 0.2) is 0 Å². The molecular weight excluding hydrogens is 218 g/mol. The summed E-state index contributed by atoms with van der Waals surface area (Å²) in [6.07, 6.45) is 2.68. The smallest absolute Gasteiger partial charge is 0.147 e. The van der Waals surface area contributed by atoms with E-state index in [2.05, 4.69) is 10.3 Å². The molecular formula is C8H15N3O3S. The average molecular weight is 233 g/mol. The highest BCUT2D eigenvalue weighted by molar-refractivity contribution is 7.90. The van der Waals surface area contributed by atoms with E-state index in [9.17, 15) is 13.5 Å². The fraction of sp³-hybridized carbons (Fsp3) is 0.750. The first kappa shape index (κ1) is 12.1. The van der Waals surface area contributed by atoms with E-state index in [0.29, 0.717) is 18.7 Å². The molecule has 1 rings (SSSR count). The first-order valence-electron chi connectivity index (χ1n) is 4.64. The molecule has 0 fully saturated rings. The van der Waals surface area contributed by atoms with Crippen LogP contribution in [0.5, 0.6) is 0 Å². The van der Waals surface area contributed by atoms with E-state index in [0.717, 1.165) is 0 Å². The zero-order valence-corrected chi connectivity index (χ0v) is 9.61. The van der Waals surface area contributed by atoms with Crippen molar-refractivity contribution in [2.24, 2.45) is 0 Å². The SMILES string of the molecule is CC(O)c1cn(CCCS(C)(=O)=O)nn1. The van der Waals surface area contributed by atoms with Crippen LogP contribution < -0.4 is 0 Å². The molecule has 1 heterocycles. The molecule has 6 nitrogen and oxygen atoms in total. The van der Waals surface area contributed by atoms with Gasteiger partial charge in [-0.1, -0.05) is 5.21 Å². The van der Waals surface area contributed by atoms with Gasteiger partial charge in [0.2, 0.25) is 0 Å². The zero-order valence-electron chi connectivity index (χ0n) is 8.79. The van der Waals surface area contributed by atoms with Crippen LogP contribution in [-0.2, 0) is 16.4 Å². The van der Waals surface area contributed by atoms with E-state index < -0.39 is 15.9 Å². The Kier molecular flexibility index (Phi) is 3.81. The van der Waals surface area contributed by atoms with Gasteiger partial charge in [0.05, 0.1) is 18.1 Å². The predicted molar refractivity (Wildman–Crippen MR) is 55.0 cm³/mol. The van der Waals surface area contributed by atoms with Crippen LogP contribution in [-0.4, -0.2) is 40.5 Å². The van der Waals surface area contributed by atoms with E-state index >= 15 is 0 Å². The topological polar surface area (TPSA) is 85.1 Å². The lowest BCUT2D eigenvalue weighted by atomic mass is 10.3. The average Bonchev–Trinajstić information content (AvgIpc) is 2.50. The molecule has 1 N–H and O–H groups in total. The maximum atomic E-state index is 10.8. The summed E-state index contributed by atoms with van der Waals surface area (Å²) in [7, 11) is -2.91. The summed E-state index contributed by atoms with van der Waals surface area (Å²) in [5.41, 5.74) is 0.495. The van der Waals surface area contributed by atoms with Gasteiger partial charge in [-0.25, -0.2) is 8.42 Å². The Morgan fingerprint density at radius 1 is 1.60 bits per heavy atom. The molecule has 0 aromatic carbocycles. The van der Waals surface area contributed by atoms with Gasteiger partial charge in [0.1, 0.15) is 15.5 Å². The molecule has 1 unspecified atom stereocenters. The molecule has 0 saturated carbocycles. The van der Waals surface area contributed by atoms with Crippen LogP contribution in [0.25, 0.3) is 0 Å². The van der Waals surface area contributed by atoms with Gasteiger partial charge in [0, 0.05) is 12.8 Å². The Bertz CT molecular complexity index is 411. The molecule has 0 spiro atoms. The van der Waals surface area contributed by atoms with Gasteiger partial charge in [0.25, 0.3) is 0 Å². The van der Waals surface area contributed by atoms with E-state index in [-0.39, 0.29) is 5.75 Å². The number of hydrogen-bond acceptors (Lipinski definition) is 5. The number of nitrogens with zero attached hydrogens (tertiary/aromatic N) is 3. The highest BCUT2D eigenvalue weighted by Gasteiger charge is 2.07. The molecule has 1 aromatic heterocycles. The Hall–Kier alpha value is -0.950. The van der Waals surface area contributed by atoms with E-state index in [1.807, 2.05) is 0 Å². The number of aromatic nitrogens is 3. The first-order chi connectivity index (χ1) is 6.88. The van der Waals surface area contributed by atoms with Crippen molar-refractivity contribution < 1.29 is 13.5 Å². The molecule has 1 aromatic rings.